The number of halogens is 2. The van der Waals surface area contributed by atoms with Crippen LogP contribution in [0.25, 0.3) is 0 Å². The molecule has 2 aromatic carbocycles. The quantitative estimate of drug-likeness (QED) is 0.829. The molecule has 0 heterocycles. The lowest BCUT2D eigenvalue weighted by Gasteiger charge is -2.54. The Morgan fingerprint density at radius 3 is 1.95 bits per heavy atom. The summed E-state index contributed by atoms with van der Waals surface area (Å²) < 4.78 is 0. The molecule has 0 radical (unpaired) electrons. The minimum absolute atomic E-state index is 0.0974. The van der Waals surface area contributed by atoms with Crippen LogP contribution in [0.3, 0.4) is 0 Å². The van der Waals surface area contributed by atoms with E-state index in [-0.39, 0.29) is 28.7 Å². The van der Waals surface area contributed by atoms with E-state index in [4.69, 9.17) is 23.2 Å². The summed E-state index contributed by atoms with van der Waals surface area (Å²) in [6.45, 7) is 0.0974. The molecule has 0 aromatic heterocycles. The zero-order valence-corrected chi connectivity index (χ0v) is 13.0. The van der Waals surface area contributed by atoms with Crippen LogP contribution < -0.4 is 0 Å². The van der Waals surface area contributed by atoms with Gasteiger partial charge < -0.3 is 5.11 Å². The Bertz CT molecular complexity index is 650. The standard InChI is InChI=1S/C18H16Cl2O/c19-16-15-11-5-1-3-7-13(11)18(9-10-21,17(16)20)14-8-4-2-6-12(14)15/h1-8,15-17,21H,9-10H2/t15?,16-,17+,18?/m0/s1. The number of hydrogen-bond donors (Lipinski definition) is 1. The highest BCUT2D eigenvalue weighted by molar-refractivity contribution is 6.32. The van der Waals surface area contributed by atoms with E-state index in [9.17, 15) is 5.11 Å². The van der Waals surface area contributed by atoms with Gasteiger partial charge in [-0.15, -0.1) is 23.2 Å². The first-order chi connectivity index (χ1) is 10.2. The summed E-state index contributed by atoms with van der Waals surface area (Å²) in [5, 5.41) is 9.33. The molecule has 0 amide bonds. The predicted molar refractivity (Wildman–Crippen MR) is 86.5 cm³/mol. The second kappa shape index (κ2) is 4.74. The summed E-state index contributed by atoms with van der Waals surface area (Å²) >= 11 is 13.5. The fourth-order valence-corrected chi connectivity index (χ4v) is 5.30. The van der Waals surface area contributed by atoms with Crippen LogP contribution in [-0.2, 0) is 5.41 Å². The summed E-state index contributed by atoms with van der Waals surface area (Å²) in [5.41, 5.74) is 4.62. The van der Waals surface area contributed by atoms with Crippen molar-refractivity contribution < 1.29 is 5.11 Å². The maximum atomic E-state index is 9.69. The molecule has 0 saturated carbocycles. The Hall–Kier alpha value is -1.02. The van der Waals surface area contributed by atoms with Crippen molar-refractivity contribution in [2.24, 2.45) is 0 Å². The topological polar surface area (TPSA) is 20.2 Å². The minimum atomic E-state index is -0.384. The number of alkyl halides is 2. The van der Waals surface area contributed by atoms with Crippen LogP contribution in [0.4, 0.5) is 0 Å². The molecule has 0 spiro atoms. The third-order valence-corrected chi connectivity index (χ3v) is 6.40. The zero-order chi connectivity index (χ0) is 14.6. The molecule has 2 bridgehead atoms. The van der Waals surface area contributed by atoms with Gasteiger partial charge in [0.2, 0.25) is 0 Å². The van der Waals surface area contributed by atoms with Crippen molar-refractivity contribution in [3.8, 4) is 0 Å². The molecule has 0 saturated heterocycles. The number of hydrogen-bond acceptors (Lipinski definition) is 1. The summed E-state index contributed by atoms with van der Waals surface area (Å²) in [5.74, 6) is 0.141. The molecule has 1 N–H and O–H groups in total. The molecule has 0 aliphatic heterocycles. The highest BCUT2D eigenvalue weighted by Gasteiger charge is 2.57. The molecule has 0 fully saturated rings. The van der Waals surface area contributed by atoms with Crippen LogP contribution >= 0.6 is 23.2 Å². The van der Waals surface area contributed by atoms with Crippen molar-refractivity contribution >= 4 is 23.2 Å². The van der Waals surface area contributed by atoms with E-state index in [0.29, 0.717) is 6.42 Å². The van der Waals surface area contributed by atoms with Gasteiger partial charge in [-0.25, -0.2) is 0 Å². The number of benzene rings is 2. The third-order valence-electron chi connectivity index (χ3n) is 5.13. The minimum Gasteiger partial charge on any atom is -0.396 e. The number of rotatable bonds is 2. The summed E-state index contributed by atoms with van der Waals surface area (Å²) in [6, 6.07) is 16.8. The van der Waals surface area contributed by atoms with Crippen LogP contribution in [0.2, 0.25) is 0 Å². The first kappa shape index (κ1) is 13.6. The Kier molecular flexibility index (Phi) is 3.08. The third kappa shape index (κ3) is 1.57. The lowest BCUT2D eigenvalue weighted by molar-refractivity contribution is 0.235. The summed E-state index contributed by atoms with van der Waals surface area (Å²) in [6.07, 6.45) is 0.602. The van der Waals surface area contributed by atoms with Gasteiger partial charge in [0.1, 0.15) is 0 Å². The van der Waals surface area contributed by atoms with Gasteiger partial charge in [-0.3, -0.25) is 0 Å². The largest absolute Gasteiger partial charge is 0.396 e. The molecule has 1 nitrogen and oxygen atoms in total. The molecule has 3 aliphatic carbocycles. The van der Waals surface area contributed by atoms with E-state index < -0.39 is 0 Å². The van der Waals surface area contributed by atoms with Gasteiger partial charge in [0.25, 0.3) is 0 Å². The van der Waals surface area contributed by atoms with Crippen molar-refractivity contribution in [3.05, 3.63) is 70.8 Å². The van der Waals surface area contributed by atoms with Gasteiger partial charge in [-0.1, -0.05) is 48.5 Å². The zero-order valence-electron chi connectivity index (χ0n) is 11.5. The van der Waals surface area contributed by atoms with Crippen molar-refractivity contribution in [1.29, 1.82) is 0 Å². The second-order valence-corrected chi connectivity index (χ2v) is 6.92. The number of aliphatic hydroxyl groups is 1. The monoisotopic (exact) mass is 318 g/mol. The molecular formula is C18H16Cl2O. The molecular weight excluding hydrogens is 303 g/mol. The molecule has 5 rings (SSSR count). The van der Waals surface area contributed by atoms with Crippen LogP contribution in [0.5, 0.6) is 0 Å². The normalized spacial score (nSPS) is 32.6. The Balaban J connectivity index is 2.10. The molecule has 0 unspecified atom stereocenters. The maximum absolute atomic E-state index is 9.69. The Morgan fingerprint density at radius 1 is 0.905 bits per heavy atom. The van der Waals surface area contributed by atoms with Crippen molar-refractivity contribution in [2.45, 2.75) is 28.5 Å². The molecule has 21 heavy (non-hydrogen) atoms. The smallest absolute Gasteiger partial charge is 0.0647 e. The van der Waals surface area contributed by atoms with Crippen molar-refractivity contribution in [3.63, 3.8) is 0 Å². The average Bonchev–Trinajstić information content (AvgIpc) is 2.52. The first-order valence-corrected chi connectivity index (χ1v) is 8.17. The lowest BCUT2D eigenvalue weighted by Crippen LogP contribution is -2.54. The van der Waals surface area contributed by atoms with Crippen molar-refractivity contribution in [2.75, 3.05) is 6.61 Å². The predicted octanol–water partition coefficient (Wildman–Crippen LogP) is 4.03. The van der Waals surface area contributed by atoms with E-state index in [1.807, 2.05) is 12.1 Å². The number of fused-ring (bicyclic) bond motifs is 1. The first-order valence-electron chi connectivity index (χ1n) is 7.29. The maximum Gasteiger partial charge on any atom is 0.0647 e. The fraction of sp³-hybridized carbons (Fsp3) is 0.333. The highest BCUT2D eigenvalue weighted by Crippen LogP contribution is 2.60. The van der Waals surface area contributed by atoms with Gasteiger partial charge in [-0.05, 0) is 28.7 Å². The molecule has 108 valence electrons. The van der Waals surface area contributed by atoms with Crippen LogP contribution in [0.1, 0.15) is 34.6 Å². The second-order valence-electron chi connectivity index (χ2n) is 5.94. The van der Waals surface area contributed by atoms with E-state index in [1.54, 1.807) is 0 Å². The lowest BCUT2D eigenvalue weighted by atomic mass is 9.53. The van der Waals surface area contributed by atoms with Gasteiger partial charge in [0.05, 0.1) is 10.8 Å². The summed E-state index contributed by atoms with van der Waals surface area (Å²) in [4.78, 5) is 0. The van der Waals surface area contributed by atoms with E-state index in [2.05, 4.69) is 36.4 Å². The van der Waals surface area contributed by atoms with Gasteiger partial charge in [-0.2, -0.15) is 0 Å². The SMILES string of the molecule is OCCC12c3ccccc3C(c3ccccc31)[C@H](Cl)[C@H]2Cl. The van der Waals surface area contributed by atoms with Crippen LogP contribution in [0.15, 0.2) is 48.5 Å². The molecule has 3 aliphatic rings. The average molecular weight is 319 g/mol. The highest BCUT2D eigenvalue weighted by atomic mass is 35.5. The van der Waals surface area contributed by atoms with E-state index in [0.717, 1.165) is 0 Å². The van der Waals surface area contributed by atoms with E-state index in [1.165, 1.54) is 22.3 Å². The number of aliphatic hydroxyl groups excluding tert-OH is 1. The molecule has 2 aromatic rings. The van der Waals surface area contributed by atoms with Gasteiger partial charge >= 0.3 is 0 Å². The van der Waals surface area contributed by atoms with Crippen LogP contribution in [-0.4, -0.2) is 22.5 Å². The molecule has 3 heteroatoms. The molecule has 2 atom stereocenters. The van der Waals surface area contributed by atoms with Crippen LogP contribution in [0, 0.1) is 0 Å². The fourth-order valence-electron chi connectivity index (χ4n) is 4.33. The van der Waals surface area contributed by atoms with E-state index >= 15 is 0 Å². The van der Waals surface area contributed by atoms with Gasteiger partial charge in [0, 0.05) is 17.9 Å². The summed E-state index contributed by atoms with van der Waals surface area (Å²) in [7, 11) is 0. The van der Waals surface area contributed by atoms with Crippen molar-refractivity contribution in [1.82, 2.24) is 0 Å². The Labute approximate surface area is 134 Å². The Morgan fingerprint density at radius 2 is 1.43 bits per heavy atom. The van der Waals surface area contributed by atoms with Gasteiger partial charge in [0.15, 0.2) is 0 Å².